The summed E-state index contributed by atoms with van der Waals surface area (Å²) in [6.07, 6.45) is 5.45. The maximum absolute atomic E-state index is 11.4. The second kappa shape index (κ2) is 5.00. The Morgan fingerprint density at radius 3 is 2.31 bits per heavy atom. The monoisotopic (exact) mass is 184 g/mol. The van der Waals surface area contributed by atoms with Gasteiger partial charge < -0.3 is 5.11 Å². The topological polar surface area (TPSA) is 54.4 Å². The molecular formula is C10H16O3. The van der Waals surface area contributed by atoms with Crippen molar-refractivity contribution in [2.24, 2.45) is 5.92 Å². The maximum atomic E-state index is 11.4. The van der Waals surface area contributed by atoms with Gasteiger partial charge >= 0.3 is 5.97 Å². The maximum Gasteiger partial charge on any atom is 0.303 e. The molecule has 0 radical (unpaired) electrons. The highest BCUT2D eigenvalue weighted by Crippen LogP contribution is 2.26. The summed E-state index contributed by atoms with van der Waals surface area (Å²) in [6, 6.07) is 0. The van der Waals surface area contributed by atoms with Crippen LogP contribution in [0.2, 0.25) is 0 Å². The van der Waals surface area contributed by atoms with Crippen molar-refractivity contribution >= 4 is 11.8 Å². The number of carboxylic acids is 1. The van der Waals surface area contributed by atoms with E-state index in [-0.39, 0.29) is 18.1 Å². The van der Waals surface area contributed by atoms with Gasteiger partial charge in [-0.1, -0.05) is 12.8 Å². The van der Waals surface area contributed by atoms with Crippen molar-refractivity contribution in [2.75, 3.05) is 0 Å². The smallest absolute Gasteiger partial charge is 0.303 e. The Morgan fingerprint density at radius 2 is 1.77 bits per heavy atom. The highest BCUT2D eigenvalue weighted by Gasteiger charge is 2.21. The molecule has 1 aliphatic carbocycles. The van der Waals surface area contributed by atoms with Crippen LogP contribution in [0.15, 0.2) is 0 Å². The number of aliphatic carboxylic acids is 1. The lowest BCUT2D eigenvalue weighted by Gasteiger charge is -2.05. The molecule has 0 atom stereocenters. The van der Waals surface area contributed by atoms with Crippen LogP contribution in [0.25, 0.3) is 0 Å². The van der Waals surface area contributed by atoms with E-state index in [0.717, 1.165) is 25.7 Å². The predicted molar refractivity (Wildman–Crippen MR) is 48.5 cm³/mol. The zero-order valence-corrected chi connectivity index (χ0v) is 7.79. The molecule has 1 aliphatic rings. The fraction of sp³-hybridized carbons (Fsp3) is 0.800. The number of carboxylic acid groups (broad SMARTS) is 1. The van der Waals surface area contributed by atoms with Crippen LogP contribution in [0.4, 0.5) is 0 Å². The molecule has 13 heavy (non-hydrogen) atoms. The van der Waals surface area contributed by atoms with Crippen molar-refractivity contribution in [1.82, 2.24) is 0 Å². The Bertz CT molecular complexity index is 192. The molecule has 0 spiro atoms. The van der Waals surface area contributed by atoms with E-state index in [1.807, 2.05) is 0 Å². The van der Waals surface area contributed by atoms with Gasteiger partial charge in [-0.15, -0.1) is 0 Å². The molecule has 3 heteroatoms. The summed E-state index contributed by atoms with van der Waals surface area (Å²) >= 11 is 0. The van der Waals surface area contributed by atoms with Gasteiger partial charge in [-0.3, -0.25) is 9.59 Å². The first kappa shape index (κ1) is 10.2. The second-order valence-electron chi connectivity index (χ2n) is 3.69. The van der Waals surface area contributed by atoms with E-state index in [1.54, 1.807) is 0 Å². The molecule has 1 fully saturated rings. The fourth-order valence-corrected chi connectivity index (χ4v) is 1.87. The Kier molecular flexibility index (Phi) is 3.93. The Morgan fingerprint density at radius 1 is 1.15 bits per heavy atom. The van der Waals surface area contributed by atoms with Crippen LogP contribution >= 0.6 is 0 Å². The number of ketones is 1. The molecule has 1 saturated carbocycles. The number of hydrogen-bond donors (Lipinski definition) is 1. The van der Waals surface area contributed by atoms with E-state index in [0.29, 0.717) is 12.8 Å². The molecule has 0 saturated heterocycles. The first-order valence-electron chi connectivity index (χ1n) is 4.94. The van der Waals surface area contributed by atoms with E-state index in [2.05, 4.69) is 0 Å². The molecule has 0 aliphatic heterocycles. The van der Waals surface area contributed by atoms with Gasteiger partial charge in [0.05, 0.1) is 0 Å². The fourth-order valence-electron chi connectivity index (χ4n) is 1.87. The molecule has 0 amide bonds. The van der Waals surface area contributed by atoms with Crippen molar-refractivity contribution in [3.63, 3.8) is 0 Å². The standard InChI is InChI=1S/C10H16O3/c11-9(6-3-7-10(12)13)8-4-1-2-5-8/h8H,1-7H2,(H,12,13). The Hall–Kier alpha value is -0.860. The summed E-state index contributed by atoms with van der Waals surface area (Å²) < 4.78 is 0. The van der Waals surface area contributed by atoms with Crippen molar-refractivity contribution < 1.29 is 14.7 Å². The summed E-state index contributed by atoms with van der Waals surface area (Å²) in [7, 11) is 0. The van der Waals surface area contributed by atoms with Crippen LogP contribution < -0.4 is 0 Å². The molecule has 0 aromatic rings. The van der Waals surface area contributed by atoms with Crippen LogP contribution in [-0.2, 0) is 9.59 Å². The first-order chi connectivity index (χ1) is 6.20. The minimum absolute atomic E-state index is 0.123. The molecule has 1 rings (SSSR count). The lowest BCUT2D eigenvalue weighted by atomic mass is 9.98. The van der Waals surface area contributed by atoms with Crippen molar-refractivity contribution in [1.29, 1.82) is 0 Å². The minimum atomic E-state index is -0.806. The van der Waals surface area contributed by atoms with Crippen LogP contribution in [0.3, 0.4) is 0 Å². The van der Waals surface area contributed by atoms with Gasteiger partial charge in [0.2, 0.25) is 0 Å². The second-order valence-corrected chi connectivity index (χ2v) is 3.69. The summed E-state index contributed by atoms with van der Waals surface area (Å²) in [4.78, 5) is 21.6. The SMILES string of the molecule is O=C(O)CCCC(=O)C1CCCC1. The lowest BCUT2D eigenvalue weighted by molar-refractivity contribution is -0.137. The molecular weight excluding hydrogens is 168 g/mol. The highest BCUT2D eigenvalue weighted by molar-refractivity contribution is 5.81. The van der Waals surface area contributed by atoms with E-state index in [1.165, 1.54) is 0 Å². The molecule has 0 unspecified atom stereocenters. The zero-order chi connectivity index (χ0) is 9.68. The first-order valence-corrected chi connectivity index (χ1v) is 4.94. The highest BCUT2D eigenvalue weighted by atomic mass is 16.4. The van der Waals surface area contributed by atoms with Gasteiger partial charge in [-0.25, -0.2) is 0 Å². The van der Waals surface area contributed by atoms with E-state index in [4.69, 9.17) is 5.11 Å². The van der Waals surface area contributed by atoms with E-state index in [9.17, 15) is 9.59 Å². The Labute approximate surface area is 78.1 Å². The lowest BCUT2D eigenvalue weighted by Crippen LogP contribution is -2.10. The Balaban J connectivity index is 2.13. The summed E-state index contributed by atoms with van der Waals surface area (Å²) in [5.41, 5.74) is 0. The third-order valence-electron chi connectivity index (χ3n) is 2.62. The number of carbonyl (C=O) groups excluding carboxylic acids is 1. The van der Waals surface area contributed by atoms with Gasteiger partial charge in [0.25, 0.3) is 0 Å². The van der Waals surface area contributed by atoms with Crippen molar-refractivity contribution in [3.8, 4) is 0 Å². The third kappa shape index (κ3) is 3.57. The van der Waals surface area contributed by atoms with Crippen LogP contribution in [0.1, 0.15) is 44.9 Å². The summed E-state index contributed by atoms with van der Waals surface area (Å²) in [6.45, 7) is 0. The number of carbonyl (C=O) groups is 2. The molecule has 74 valence electrons. The molecule has 3 nitrogen and oxygen atoms in total. The molecule has 0 bridgehead atoms. The van der Waals surface area contributed by atoms with Gasteiger partial charge in [0.1, 0.15) is 5.78 Å². The largest absolute Gasteiger partial charge is 0.481 e. The van der Waals surface area contributed by atoms with Crippen LogP contribution in [0.5, 0.6) is 0 Å². The van der Waals surface area contributed by atoms with Crippen LogP contribution in [0, 0.1) is 5.92 Å². The number of Topliss-reactive ketones (excluding diaryl/α,β-unsaturated/α-hetero) is 1. The van der Waals surface area contributed by atoms with E-state index >= 15 is 0 Å². The predicted octanol–water partition coefficient (Wildman–Crippen LogP) is 2.00. The van der Waals surface area contributed by atoms with Crippen LogP contribution in [-0.4, -0.2) is 16.9 Å². The van der Waals surface area contributed by atoms with Gasteiger partial charge in [0, 0.05) is 18.8 Å². The van der Waals surface area contributed by atoms with Gasteiger partial charge in [-0.05, 0) is 19.3 Å². The average molecular weight is 184 g/mol. The van der Waals surface area contributed by atoms with E-state index < -0.39 is 5.97 Å². The average Bonchev–Trinajstić information content (AvgIpc) is 2.55. The zero-order valence-electron chi connectivity index (χ0n) is 7.79. The molecule has 1 N–H and O–H groups in total. The van der Waals surface area contributed by atoms with Gasteiger partial charge in [-0.2, -0.15) is 0 Å². The van der Waals surface area contributed by atoms with Gasteiger partial charge in [0.15, 0.2) is 0 Å². The number of rotatable bonds is 5. The normalized spacial score (nSPS) is 17.5. The molecule has 0 aromatic carbocycles. The number of hydrogen-bond acceptors (Lipinski definition) is 2. The third-order valence-corrected chi connectivity index (χ3v) is 2.62. The molecule has 0 heterocycles. The van der Waals surface area contributed by atoms with Crippen molar-refractivity contribution in [2.45, 2.75) is 44.9 Å². The summed E-state index contributed by atoms with van der Waals surface area (Å²) in [5.74, 6) is -0.285. The summed E-state index contributed by atoms with van der Waals surface area (Å²) in [5, 5.41) is 8.38. The quantitative estimate of drug-likeness (QED) is 0.711. The minimum Gasteiger partial charge on any atom is -0.481 e. The van der Waals surface area contributed by atoms with Crippen molar-refractivity contribution in [3.05, 3.63) is 0 Å². The molecule has 0 aromatic heterocycles.